The van der Waals surface area contributed by atoms with Gasteiger partial charge in [-0.3, -0.25) is 4.79 Å². The highest BCUT2D eigenvalue weighted by Gasteiger charge is 2.04. The van der Waals surface area contributed by atoms with E-state index >= 15 is 0 Å². The van der Waals surface area contributed by atoms with Gasteiger partial charge in [-0.15, -0.1) is 0 Å². The average molecular weight is 223 g/mol. The van der Waals surface area contributed by atoms with Crippen LogP contribution in [0.25, 0.3) is 0 Å². The molecule has 0 spiro atoms. The first-order valence-electron chi connectivity index (χ1n) is 5.14. The zero-order chi connectivity index (χ0) is 12.0. The largest absolute Gasteiger partial charge is 0.378 e. The van der Waals surface area contributed by atoms with Gasteiger partial charge in [0.05, 0.1) is 0 Å². The molecular weight excluding hydrogens is 206 g/mol. The van der Waals surface area contributed by atoms with Crippen LogP contribution in [0.2, 0.25) is 0 Å². The molecule has 5 heteroatoms. The lowest BCUT2D eigenvalue weighted by atomic mass is 10.3. The first-order valence-corrected chi connectivity index (χ1v) is 5.14. The van der Waals surface area contributed by atoms with Crippen LogP contribution in [-0.4, -0.2) is 38.2 Å². The molecule has 1 amide bonds. The van der Waals surface area contributed by atoms with Crippen LogP contribution in [0.3, 0.4) is 0 Å². The van der Waals surface area contributed by atoms with Gasteiger partial charge in [0.1, 0.15) is 12.4 Å². The molecule has 1 N–H and O–H groups in total. The van der Waals surface area contributed by atoms with Gasteiger partial charge in [0, 0.05) is 38.7 Å². The van der Waals surface area contributed by atoms with Crippen molar-refractivity contribution < 1.29 is 9.53 Å². The summed E-state index contributed by atoms with van der Waals surface area (Å²) >= 11 is 0. The summed E-state index contributed by atoms with van der Waals surface area (Å²) in [5.41, 5.74) is 0.988. The van der Waals surface area contributed by atoms with Gasteiger partial charge in [-0.05, 0) is 13.0 Å². The van der Waals surface area contributed by atoms with Gasteiger partial charge in [0.25, 0.3) is 5.91 Å². The third-order valence-electron chi connectivity index (χ3n) is 1.96. The highest BCUT2D eigenvalue weighted by molar-refractivity contribution is 5.91. The van der Waals surface area contributed by atoms with Crippen LogP contribution in [0, 0.1) is 0 Å². The minimum absolute atomic E-state index is 0.0599. The van der Waals surface area contributed by atoms with Crippen molar-refractivity contribution in [3.63, 3.8) is 0 Å². The molecule has 1 aromatic rings. The minimum atomic E-state index is -0.190. The van der Waals surface area contributed by atoms with Gasteiger partial charge in [0.15, 0.2) is 0 Å². The molecule has 0 aliphatic heterocycles. The predicted octanol–water partition coefficient (Wildman–Crippen LogP) is 1.12. The van der Waals surface area contributed by atoms with Crippen molar-refractivity contribution in [1.82, 2.24) is 4.98 Å². The Bertz CT molecular complexity index is 353. The summed E-state index contributed by atoms with van der Waals surface area (Å²) in [5.74, 6) is 0.348. The van der Waals surface area contributed by atoms with Crippen molar-refractivity contribution in [2.24, 2.45) is 0 Å². The van der Waals surface area contributed by atoms with E-state index in [4.69, 9.17) is 4.74 Å². The number of rotatable bonds is 5. The molecule has 1 aromatic heterocycles. The normalized spacial score (nSPS) is 9.94. The fourth-order valence-corrected chi connectivity index (χ4v) is 1.14. The third-order valence-corrected chi connectivity index (χ3v) is 1.96. The highest BCUT2D eigenvalue weighted by atomic mass is 16.5. The van der Waals surface area contributed by atoms with Gasteiger partial charge in [0.2, 0.25) is 0 Å². The third kappa shape index (κ3) is 3.86. The summed E-state index contributed by atoms with van der Waals surface area (Å²) in [7, 11) is 3.86. The van der Waals surface area contributed by atoms with Crippen molar-refractivity contribution in [3.8, 4) is 0 Å². The summed E-state index contributed by atoms with van der Waals surface area (Å²) in [4.78, 5) is 17.4. The molecule has 0 aliphatic carbocycles. The zero-order valence-corrected chi connectivity index (χ0v) is 9.86. The van der Waals surface area contributed by atoms with Crippen LogP contribution >= 0.6 is 0 Å². The van der Waals surface area contributed by atoms with Crippen molar-refractivity contribution in [3.05, 3.63) is 18.3 Å². The number of nitrogens with one attached hydrogen (secondary N) is 1. The van der Waals surface area contributed by atoms with Crippen LogP contribution in [0.4, 0.5) is 11.5 Å². The van der Waals surface area contributed by atoms with Crippen LogP contribution < -0.4 is 10.2 Å². The lowest BCUT2D eigenvalue weighted by molar-refractivity contribution is -0.120. The minimum Gasteiger partial charge on any atom is -0.378 e. The number of anilines is 2. The summed E-state index contributed by atoms with van der Waals surface area (Å²) in [6, 6.07) is 3.68. The quantitative estimate of drug-likeness (QED) is 0.812. The highest BCUT2D eigenvalue weighted by Crippen LogP contribution is 2.14. The van der Waals surface area contributed by atoms with E-state index in [1.807, 2.05) is 38.1 Å². The van der Waals surface area contributed by atoms with E-state index in [0.717, 1.165) is 5.69 Å². The number of hydrogen-bond acceptors (Lipinski definition) is 4. The SMILES string of the molecule is CCOCC(=O)Nc1cc(N(C)C)ccn1. The van der Waals surface area contributed by atoms with Gasteiger partial charge in [-0.25, -0.2) is 4.98 Å². The molecule has 5 nitrogen and oxygen atoms in total. The first kappa shape index (κ1) is 12.4. The Morgan fingerprint density at radius 1 is 1.56 bits per heavy atom. The number of hydrogen-bond donors (Lipinski definition) is 1. The van der Waals surface area contributed by atoms with Crippen molar-refractivity contribution in [1.29, 1.82) is 0 Å². The number of amides is 1. The van der Waals surface area contributed by atoms with Gasteiger partial charge in [-0.2, -0.15) is 0 Å². The van der Waals surface area contributed by atoms with Crippen LogP contribution in [0.1, 0.15) is 6.92 Å². The molecule has 0 unspecified atom stereocenters. The summed E-state index contributed by atoms with van der Waals surface area (Å²) in [6.45, 7) is 2.43. The van der Waals surface area contributed by atoms with E-state index in [9.17, 15) is 4.79 Å². The second-order valence-corrected chi connectivity index (χ2v) is 3.48. The van der Waals surface area contributed by atoms with Crippen molar-refractivity contribution >= 4 is 17.4 Å². The Labute approximate surface area is 95.4 Å². The number of carbonyl (C=O) groups excluding carboxylic acids is 1. The van der Waals surface area contributed by atoms with E-state index in [1.54, 1.807) is 6.20 Å². The Hall–Kier alpha value is -1.62. The van der Waals surface area contributed by atoms with Crippen LogP contribution in [0.15, 0.2) is 18.3 Å². The maximum atomic E-state index is 11.4. The lowest BCUT2D eigenvalue weighted by Crippen LogP contribution is -2.19. The van der Waals surface area contributed by atoms with E-state index in [2.05, 4.69) is 10.3 Å². The molecule has 1 heterocycles. The van der Waals surface area contributed by atoms with Gasteiger partial charge < -0.3 is 15.0 Å². The average Bonchev–Trinajstić information content (AvgIpc) is 2.26. The molecule has 0 atom stereocenters. The molecule has 88 valence electrons. The van der Waals surface area contributed by atoms with Crippen molar-refractivity contribution in [2.75, 3.05) is 37.5 Å². The Morgan fingerprint density at radius 2 is 2.31 bits per heavy atom. The molecule has 0 fully saturated rings. The van der Waals surface area contributed by atoms with Crippen LogP contribution in [-0.2, 0) is 9.53 Å². The topological polar surface area (TPSA) is 54.5 Å². The fourth-order valence-electron chi connectivity index (χ4n) is 1.14. The van der Waals surface area contributed by atoms with Crippen LogP contribution in [0.5, 0.6) is 0 Å². The maximum Gasteiger partial charge on any atom is 0.251 e. The lowest BCUT2D eigenvalue weighted by Gasteiger charge is -2.13. The molecule has 0 bridgehead atoms. The summed E-state index contributed by atoms with van der Waals surface area (Å²) < 4.78 is 4.99. The fraction of sp³-hybridized carbons (Fsp3) is 0.455. The molecule has 16 heavy (non-hydrogen) atoms. The number of nitrogens with zero attached hydrogens (tertiary/aromatic N) is 2. The van der Waals surface area contributed by atoms with E-state index in [-0.39, 0.29) is 12.5 Å². The number of ether oxygens (including phenoxy) is 1. The monoisotopic (exact) mass is 223 g/mol. The Morgan fingerprint density at radius 3 is 2.94 bits per heavy atom. The molecular formula is C11H17N3O2. The second kappa shape index (κ2) is 6.07. The molecule has 1 rings (SSSR count). The first-order chi connectivity index (χ1) is 7.63. The standard InChI is InChI=1S/C11H17N3O2/c1-4-16-8-11(15)13-10-7-9(14(2)3)5-6-12-10/h5-7H,4,8H2,1-3H3,(H,12,13,15). The Balaban J connectivity index is 2.59. The molecule has 0 saturated carbocycles. The maximum absolute atomic E-state index is 11.4. The van der Waals surface area contributed by atoms with Gasteiger partial charge in [-0.1, -0.05) is 0 Å². The molecule has 0 aromatic carbocycles. The number of aromatic nitrogens is 1. The molecule has 0 saturated heterocycles. The Kier molecular flexibility index (Phi) is 4.72. The van der Waals surface area contributed by atoms with Gasteiger partial charge >= 0.3 is 0 Å². The summed E-state index contributed by atoms with van der Waals surface area (Å²) in [5, 5.41) is 2.67. The second-order valence-electron chi connectivity index (χ2n) is 3.48. The van der Waals surface area contributed by atoms with E-state index in [0.29, 0.717) is 12.4 Å². The summed E-state index contributed by atoms with van der Waals surface area (Å²) in [6.07, 6.45) is 1.66. The number of pyridine rings is 1. The number of carbonyl (C=O) groups is 1. The molecule has 0 aliphatic rings. The smallest absolute Gasteiger partial charge is 0.251 e. The van der Waals surface area contributed by atoms with E-state index in [1.165, 1.54) is 0 Å². The van der Waals surface area contributed by atoms with Crippen molar-refractivity contribution in [2.45, 2.75) is 6.92 Å². The zero-order valence-electron chi connectivity index (χ0n) is 9.86. The van der Waals surface area contributed by atoms with E-state index < -0.39 is 0 Å². The predicted molar refractivity (Wildman–Crippen MR) is 63.7 cm³/mol. The molecule has 0 radical (unpaired) electrons.